The first-order valence-corrected chi connectivity index (χ1v) is 8.69. The van der Waals surface area contributed by atoms with Gasteiger partial charge in [-0.05, 0) is 55.7 Å². The lowest BCUT2D eigenvalue weighted by Crippen LogP contribution is -2.35. The van der Waals surface area contributed by atoms with Gasteiger partial charge in [0.15, 0.2) is 0 Å². The minimum Gasteiger partial charge on any atom is -0.478 e. The number of aromatic carboxylic acids is 1. The van der Waals surface area contributed by atoms with Gasteiger partial charge in [0.25, 0.3) is 11.8 Å². The summed E-state index contributed by atoms with van der Waals surface area (Å²) in [5.74, 6) is -3.01. The van der Waals surface area contributed by atoms with Crippen molar-refractivity contribution in [3.05, 3.63) is 65.0 Å². The van der Waals surface area contributed by atoms with E-state index in [9.17, 15) is 18.8 Å². The van der Waals surface area contributed by atoms with Gasteiger partial charge >= 0.3 is 5.97 Å². The molecule has 0 unspecified atom stereocenters. The number of nitrogens with one attached hydrogen (secondary N) is 1. The van der Waals surface area contributed by atoms with Crippen molar-refractivity contribution in [1.29, 1.82) is 0 Å². The highest BCUT2D eigenvalue weighted by Crippen LogP contribution is 2.18. The van der Waals surface area contributed by atoms with E-state index >= 15 is 0 Å². The van der Waals surface area contributed by atoms with E-state index in [-0.39, 0.29) is 17.0 Å². The summed E-state index contributed by atoms with van der Waals surface area (Å²) < 4.78 is 14.0. The Balaban J connectivity index is 1.75. The fraction of sp³-hybridized carbons (Fsp3) is 0.250. The number of amides is 2. The number of anilines is 1. The van der Waals surface area contributed by atoms with Crippen LogP contribution in [0.25, 0.3) is 0 Å². The van der Waals surface area contributed by atoms with Gasteiger partial charge in [0.05, 0.1) is 11.1 Å². The van der Waals surface area contributed by atoms with Crippen LogP contribution in [0.1, 0.15) is 50.3 Å². The fourth-order valence-electron chi connectivity index (χ4n) is 3.04. The first-order chi connectivity index (χ1) is 13.0. The number of carboxylic acid groups (broad SMARTS) is 1. The van der Waals surface area contributed by atoms with Gasteiger partial charge in [-0.2, -0.15) is 0 Å². The number of halogens is 1. The molecule has 0 saturated carbocycles. The number of carbonyl (C=O) groups excluding carboxylic acids is 2. The van der Waals surface area contributed by atoms with Gasteiger partial charge < -0.3 is 15.3 Å². The smallest absolute Gasteiger partial charge is 0.335 e. The summed E-state index contributed by atoms with van der Waals surface area (Å²) >= 11 is 0. The quantitative estimate of drug-likeness (QED) is 0.864. The molecule has 1 aliphatic rings. The highest BCUT2D eigenvalue weighted by Gasteiger charge is 2.19. The molecule has 0 radical (unpaired) electrons. The number of carbonyl (C=O) groups is 3. The zero-order chi connectivity index (χ0) is 19.4. The van der Waals surface area contributed by atoms with Gasteiger partial charge in [-0.25, -0.2) is 9.18 Å². The van der Waals surface area contributed by atoms with Crippen LogP contribution >= 0.6 is 0 Å². The van der Waals surface area contributed by atoms with E-state index in [1.807, 2.05) is 0 Å². The van der Waals surface area contributed by atoms with E-state index in [4.69, 9.17) is 5.11 Å². The Morgan fingerprint density at radius 2 is 1.70 bits per heavy atom. The summed E-state index contributed by atoms with van der Waals surface area (Å²) in [6.07, 6.45) is 3.08. The molecule has 1 heterocycles. The predicted molar refractivity (Wildman–Crippen MR) is 97.5 cm³/mol. The third-order valence-corrected chi connectivity index (χ3v) is 4.47. The molecule has 0 bridgehead atoms. The minimum atomic E-state index is -1.27. The van der Waals surface area contributed by atoms with Crippen molar-refractivity contribution >= 4 is 23.5 Å². The van der Waals surface area contributed by atoms with Crippen LogP contribution in [0.15, 0.2) is 42.5 Å². The molecule has 7 heteroatoms. The lowest BCUT2D eigenvalue weighted by atomic mass is 10.1. The molecular weight excluding hydrogens is 351 g/mol. The second-order valence-corrected chi connectivity index (χ2v) is 6.39. The van der Waals surface area contributed by atoms with Crippen LogP contribution in [0.4, 0.5) is 10.1 Å². The van der Waals surface area contributed by atoms with Crippen molar-refractivity contribution in [2.75, 3.05) is 18.4 Å². The highest BCUT2D eigenvalue weighted by atomic mass is 19.1. The van der Waals surface area contributed by atoms with Gasteiger partial charge in [-0.15, -0.1) is 0 Å². The molecule has 3 rings (SSSR count). The zero-order valence-electron chi connectivity index (χ0n) is 14.6. The highest BCUT2D eigenvalue weighted by molar-refractivity contribution is 6.05. The van der Waals surface area contributed by atoms with E-state index in [1.165, 1.54) is 0 Å². The lowest BCUT2D eigenvalue weighted by molar-refractivity contribution is 0.0693. The molecule has 0 atom stereocenters. The van der Waals surface area contributed by atoms with E-state index in [0.29, 0.717) is 11.3 Å². The average molecular weight is 370 g/mol. The number of carboxylic acids is 1. The standard InChI is InChI=1S/C20H19FN2O4/c21-17-12-14(20(26)27)7-8-16(17)18(24)22-15-6-4-5-13(11-15)19(25)23-9-2-1-3-10-23/h4-8,11-12H,1-3,9-10H2,(H,22,24)(H,26,27). The summed E-state index contributed by atoms with van der Waals surface area (Å²) in [7, 11) is 0. The Kier molecular flexibility index (Phi) is 5.49. The van der Waals surface area contributed by atoms with Crippen LogP contribution in [-0.4, -0.2) is 40.9 Å². The van der Waals surface area contributed by atoms with Crippen molar-refractivity contribution in [1.82, 2.24) is 4.90 Å². The first kappa shape index (κ1) is 18.6. The molecule has 2 amide bonds. The summed E-state index contributed by atoms with van der Waals surface area (Å²) in [5.41, 5.74) is 0.312. The topological polar surface area (TPSA) is 86.7 Å². The molecule has 0 aliphatic carbocycles. The Hall–Kier alpha value is -3.22. The maximum atomic E-state index is 14.0. The molecule has 0 aromatic heterocycles. The van der Waals surface area contributed by atoms with Crippen LogP contribution in [0.3, 0.4) is 0 Å². The predicted octanol–water partition coefficient (Wildman–Crippen LogP) is 3.40. The van der Waals surface area contributed by atoms with Crippen LogP contribution in [-0.2, 0) is 0 Å². The van der Waals surface area contributed by atoms with Gasteiger partial charge in [-0.1, -0.05) is 6.07 Å². The van der Waals surface area contributed by atoms with Crippen LogP contribution < -0.4 is 5.32 Å². The summed E-state index contributed by atoms with van der Waals surface area (Å²) in [6.45, 7) is 1.44. The molecular formula is C20H19FN2O4. The molecule has 1 fully saturated rings. The second kappa shape index (κ2) is 7.99. The number of hydrogen-bond acceptors (Lipinski definition) is 3. The van der Waals surface area contributed by atoms with Crippen LogP contribution in [0, 0.1) is 5.82 Å². The number of benzene rings is 2. The molecule has 1 saturated heterocycles. The summed E-state index contributed by atoms with van der Waals surface area (Å²) in [6, 6.07) is 9.57. The monoisotopic (exact) mass is 370 g/mol. The maximum Gasteiger partial charge on any atom is 0.335 e. The third-order valence-electron chi connectivity index (χ3n) is 4.47. The number of hydrogen-bond donors (Lipinski definition) is 2. The number of piperidine rings is 1. The SMILES string of the molecule is O=C(O)c1ccc(C(=O)Nc2cccc(C(=O)N3CCCCC3)c2)c(F)c1. The largest absolute Gasteiger partial charge is 0.478 e. The number of nitrogens with zero attached hydrogens (tertiary/aromatic N) is 1. The second-order valence-electron chi connectivity index (χ2n) is 6.39. The van der Waals surface area contributed by atoms with Crippen molar-refractivity contribution < 1.29 is 23.9 Å². The number of likely N-dealkylation sites (tertiary alicyclic amines) is 1. The van der Waals surface area contributed by atoms with E-state index < -0.39 is 17.7 Å². The van der Waals surface area contributed by atoms with Gasteiger partial charge in [0, 0.05) is 24.3 Å². The molecule has 1 aliphatic heterocycles. The van der Waals surface area contributed by atoms with Crippen molar-refractivity contribution in [3.8, 4) is 0 Å². The summed E-state index contributed by atoms with van der Waals surface area (Å²) in [4.78, 5) is 37.5. The molecule has 2 aromatic carbocycles. The third kappa shape index (κ3) is 4.31. The Labute approximate surface area is 155 Å². The lowest BCUT2D eigenvalue weighted by Gasteiger charge is -2.26. The molecule has 27 heavy (non-hydrogen) atoms. The van der Waals surface area contributed by atoms with Crippen LogP contribution in [0.5, 0.6) is 0 Å². The fourth-order valence-corrected chi connectivity index (χ4v) is 3.04. The van der Waals surface area contributed by atoms with Crippen molar-refractivity contribution in [3.63, 3.8) is 0 Å². The molecule has 2 aromatic rings. The molecule has 6 nitrogen and oxygen atoms in total. The summed E-state index contributed by atoms with van der Waals surface area (Å²) in [5, 5.41) is 11.4. The Bertz CT molecular complexity index is 891. The van der Waals surface area contributed by atoms with Gasteiger partial charge in [0.2, 0.25) is 0 Å². The van der Waals surface area contributed by atoms with Crippen molar-refractivity contribution in [2.24, 2.45) is 0 Å². The van der Waals surface area contributed by atoms with Gasteiger partial charge in [0.1, 0.15) is 5.82 Å². The average Bonchev–Trinajstić information content (AvgIpc) is 2.68. The first-order valence-electron chi connectivity index (χ1n) is 8.69. The van der Waals surface area contributed by atoms with E-state index in [0.717, 1.165) is 50.6 Å². The van der Waals surface area contributed by atoms with E-state index in [1.54, 1.807) is 29.2 Å². The Morgan fingerprint density at radius 3 is 2.37 bits per heavy atom. The van der Waals surface area contributed by atoms with E-state index in [2.05, 4.69) is 5.32 Å². The normalized spacial score (nSPS) is 13.9. The minimum absolute atomic E-state index is 0.0946. The van der Waals surface area contributed by atoms with Crippen molar-refractivity contribution in [2.45, 2.75) is 19.3 Å². The molecule has 0 spiro atoms. The molecule has 140 valence electrons. The zero-order valence-corrected chi connectivity index (χ0v) is 14.6. The van der Waals surface area contributed by atoms with Crippen LogP contribution in [0.2, 0.25) is 0 Å². The maximum absolute atomic E-state index is 14.0. The number of rotatable bonds is 4. The Morgan fingerprint density at radius 1 is 0.963 bits per heavy atom. The van der Waals surface area contributed by atoms with Gasteiger partial charge in [-0.3, -0.25) is 9.59 Å². The molecule has 2 N–H and O–H groups in total.